The zero-order valence-corrected chi connectivity index (χ0v) is 25.7. The van der Waals surface area contributed by atoms with Crippen LogP contribution in [0.25, 0.3) is 0 Å². The van der Waals surface area contributed by atoms with Crippen LogP contribution in [0.4, 0.5) is 0 Å². The Morgan fingerprint density at radius 3 is 2.00 bits per heavy atom. The summed E-state index contributed by atoms with van der Waals surface area (Å²) >= 11 is 0. The van der Waals surface area contributed by atoms with Gasteiger partial charge in [-0.2, -0.15) is 0 Å². The lowest BCUT2D eigenvalue weighted by Gasteiger charge is -2.30. The largest absolute Gasteiger partial charge is 0.480 e. The Bertz CT molecular complexity index is 1250. The number of carbonyl (C=O) groups excluding carboxylic acids is 4. The van der Waals surface area contributed by atoms with Gasteiger partial charge in [-0.3, -0.25) is 19.2 Å². The van der Waals surface area contributed by atoms with Crippen LogP contribution in [0.3, 0.4) is 0 Å². The monoisotopic (exact) mass is 615 g/mol. The molecular weight excluding hydrogens is 570 g/mol. The van der Waals surface area contributed by atoms with Gasteiger partial charge in [0.2, 0.25) is 23.6 Å². The zero-order chi connectivity index (χ0) is 32.4. The van der Waals surface area contributed by atoms with Crippen LogP contribution < -0.4 is 21.7 Å². The van der Waals surface area contributed by atoms with Crippen LogP contribution in [0.15, 0.2) is 25.0 Å². The lowest BCUT2D eigenvalue weighted by molar-refractivity contribution is -0.144. The number of carboxylic acid groups (broad SMARTS) is 1. The Morgan fingerprint density at radius 1 is 0.886 bits per heavy atom. The van der Waals surface area contributed by atoms with Crippen molar-refractivity contribution in [3.63, 3.8) is 0 Å². The topological polar surface area (TPSA) is 228 Å². The third kappa shape index (κ3) is 9.89. The molecule has 15 nitrogen and oxygen atoms in total. The highest BCUT2D eigenvalue weighted by Gasteiger charge is 2.39. The van der Waals surface area contributed by atoms with Gasteiger partial charge in [-0.1, -0.05) is 27.7 Å². The Labute approximate surface area is 256 Å². The van der Waals surface area contributed by atoms with E-state index in [-0.39, 0.29) is 44.1 Å². The van der Waals surface area contributed by atoms with E-state index >= 15 is 0 Å². The fourth-order valence-electron chi connectivity index (χ4n) is 5.26. The molecule has 0 radical (unpaired) electrons. The van der Waals surface area contributed by atoms with Gasteiger partial charge >= 0.3 is 5.97 Å². The maximum atomic E-state index is 13.9. The molecule has 8 N–H and O–H groups in total. The van der Waals surface area contributed by atoms with Gasteiger partial charge in [0.25, 0.3) is 0 Å². The Hall–Kier alpha value is -4.27. The molecule has 1 saturated heterocycles. The number of aromatic nitrogens is 4. The summed E-state index contributed by atoms with van der Waals surface area (Å²) < 4.78 is 0. The van der Waals surface area contributed by atoms with Crippen molar-refractivity contribution in [1.29, 1.82) is 0 Å². The predicted octanol–water partition coefficient (Wildman–Crippen LogP) is -0.132. The van der Waals surface area contributed by atoms with Gasteiger partial charge in [-0.05, 0) is 37.5 Å². The average Bonchev–Trinajstić information content (AvgIpc) is 3.74. The summed E-state index contributed by atoms with van der Waals surface area (Å²) in [7, 11) is 0. The van der Waals surface area contributed by atoms with Gasteiger partial charge in [-0.25, -0.2) is 14.8 Å². The lowest BCUT2D eigenvalue weighted by Crippen LogP contribution is -2.58. The van der Waals surface area contributed by atoms with Crippen molar-refractivity contribution in [3.05, 3.63) is 36.4 Å². The minimum Gasteiger partial charge on any atom is -0.480 e. The van der Waals surface area contributed by atoms with E-state index in [0.29, 0.717) is 24.2 Å². The number of likely N-dealkylation sites (tertiary alicyclic amines) is 1. The van der Waals surface area contributed by atoms with E-state index in [9.17, 15) is 29.1 Å². The van der Waals surface area contributed by atoms with E-state index in [4.69, 9.17) is 5.73 Å². The van der Waals surface area contributed by atoms with Crippen molar-refractivity contribution in [2.45, 2.75) is 96.4 Å². The number of aliphatic carboxylic acids is 1. The summed E-state index contributed by atoms with van der Waals surface area (Å²) in [5.74, 6) is -3.22. The molecule has 0 unspecified atom stereocenters. The summed E-state index contributed by atoms with van der Waals surface area (Å²) in [6, 6.07) is -4.95. The molecule has 4 amide bonds. The van der Waals surface area contributed by atoms with Crippen molar-refractivity contribution < 1.29 is 29.1 Å². The molecule has 15 heteroatoms. The van der Waals surface area contributed by atoms with E-state index in [2.05, 4.69) is 35.9 Å². The summed E-state index contributed by atoms with van der Waals surface area (Å²) in [5.41, 5.74) is 7.39. The second kappa shape index (κ2) is 16.0. The number of imidazole rings is 2. The third-order valence-corrected chi connectivity index (χ3v) is 7.43. The predicted molar refractivity (Wildman–Crippen MR) is 160 cm³/mol. The molecular formula is C29H45N9O6. The van der Waals surface area contributed by atoms with Crippen LogP contribution in [0, 0.1) is 11.8 Å². The lowest BCUT2D eigenvalue weighted by atomic mass is 10.00. The number of aromatic amines is 2. The van der Waals surface area contributed by atoms with E-state index in [0.717, 1.165) is 0 Å². The quantitative estimate of drug-likeness (QED) is 0.133. The van der Waals surface area contributed by atoms with Crippen LogP contribution in [-0.2, 0) is 36.8 Å². The SMILES string of the molecule is CC(C)C[C@H](NC(=O)[C@H](CC(C)C)NC(=O)[C@@H]1CCCN1C(=O)[C@H](Cc1cnc[nH]1)NC(=O)[C@@H](N)Cc1cnc[nH]1)C(=O)O. The standard InChI is InChI=1S/C29H45N9O6/c1-16(2)8-21(26(40)37-23(29(43)44)9-17(3)4)35-27(41)24-6-5-7-38(24)28(42)22(11-19-13-32-15-34-19)36-25(39)20(30)10-18-12-31-14-33-18/h12-17,20-24H,5-11,30H2,1-4H3,(H,31,33)(H,32,34)(H,35,41)(H,36,39)(H,37,40)(H,43,44)/t20-,21-,22-,23-,24-/m0/s1. The van der Waals surface area contributed by atoms with Crippen LogP contribution in [0.1, 0.15) is 64.8 Å². The number of nitrogens with two attached hydrogens (primary N) is 1. The second-order valence-electron chi connectivity index (χ2n) is 12.1. The fraction of sp³-hybridized carbons (Fsp3) is 0.621. The van der Waals surface area contributed by atoms with Gasteiger partial charge < -0.3 is 41.7 Å². The van der Waals surface area contributed by atoms with Crippen molar-refractivity contribution in [3.8, 4) is 0 Å². The van der Waals surface area contributed by atoms with Crippen molar-refractivity contribution >= 4 is 29.6 Å². The Morgan fingerprint density at radius 2 is 1.45 bits per heavy atom. The minimum atomic E-state index is -1.15. The molecule has 0 aliphatic carbocycles. The number of hydrogen-bond donors (Lipinski definition) is 7. The molecule has 3 heterocycles. The molecule has 0 bridgehead atoms. The van der Waals surface area contributed by atoms with Gasteiger partial charge in [0.1, 0.15) is 24.2 Å². The number of hydrogen-bond acceptors (Lipinski definition) is 8. The van der Waals surface area contributed by atoms with E-state index in [1.807, 2.05) is 27.7 Å². The molecule has 0 aromatic carbocycles. The average molecular weight is 616 g/mol. The molecule has 44 heavy (non-hydrogen) atoms. The number of carbonyl (C=O) groups is 5. The first-order valence-electron chi connectivity index (χ1n) is 15.0. The third-order valence-electron chi connectivity index (χ3n) is 7.43. The fourth-order valence-corrected chi connectivity index (χ4v) is 5.26. The first-order chi connectivity index (χ1) is 20.8. The molecule has 2 aromatic heterocycles. The molecule has 242 valence electrons. The molecule has 1 aliphatic rings. The maximum absolute atomic E-state index is 13.9. The van der Waals surface area contributed by atoms with E-state index in [1.165, 1.54) is 17.6 Å². The molecule has 0 saturated carbocycles. The summed E-state index contributed by atoms with van der Waals surface area (Å²) in [4.78, 5) is 80.6. The summed E-state index contributed by atoms with van der Waals surface area (Å²) in [5, 5.41) is 17.7. The van der Waals surface area contributed by atoms with Crippen molar-refractivity contribution in [2.75, 3.05) is 6.54 Å². The van der Waals surface area contributed by atoms with Gasteiger partial charge in [0.15, 0.2) is 0 Å². The minimum absolute atomic E-state index is 0.0145. The van der Waals surface area contributed by atoms with Crippen LogP contribution >= 0.6 is 0 Å². The molecule has 0 spiro atoms. The van der Waals surface area contributed by atoms with Gasteiger partial charge in [0.05, 0.1) is 18.7 Å². The highest BCUT2D eigenvalue weighted by Crippen LogP contribution is 2.20. The molecule has 1 aliphatic heterocycles. The first kappa shape index (κ1) is 34.2. The zero-order valence-electron chi connectivity index (χ0n) is 25.7. The van der Waals surface area contributed by atoms with Crippen LogP contribution in [0.5, 0.6) is 0 Å². The van der Waals surface area contributed by atoms with Crippen LogP contribution in [-0.4, -0.2) is 96.3 Å². The maximum Gasteiger partial charge on any atom is 0.326 e. The molecule has 2 aromatic rings. The van der Waals surface area contributed by atoms with E-state index < -0.39 is 59.8 Å². The summed E-state index contributed by atoms with van der Waals surface area (Å²) in [6.07, 6.45) is 7.76. The smallest absolute Gasteiger partial charge is 0.326 e. The molecule has 1 fully saturated rings. The van der Waals surface area contributed by atoms with E-state index in [1.54, 1.807) is 12.4 Å². The number of carboxylic acids is 1. The number of nitrogens with zero attached hydrogens (tertiary/aromatic N) is 3. The Kier molecular flexibility index (Phi) is 12.4. The van der Waals surface area contributed by atoms with Crippen molar-refractivity contribution in [1.82, 2.24) is 40.8 Å². The first-order valence-corrected chi connectivity index (χ1v) is 15.0. The van der Waals surface area contributed by atoms with Crippen molar-refractivity contribution in [2.24, 2.45) is 17.6 Å². The molecule has 3 rings (SSSR count). The van der Waals surface area contributed by atoms with Crippen LogP contribution in [0.2, 0.25) is 0 Å². The summed E-state index contributed by atoms with van der Waals surface area (Å²) in [6.45, 7) is 7.77. The number of amides is 4. The Balaban J connectivity index is 1.74. The highest BCUT2D eigenvalue weighted by atomic mass is 16.4. The second-order valence-corrected chi connectivity index (χ2v) is 12.1. The number of H-pyrrole nitrogens is 2. The number of rotatable bonds is 16. The number of nitrogens with one attached hydrogen (secondary N) is 5. The van der Waals surface area contributed by atoms with Gasteiger partial charge in [0, 0.05) is 43.2 Å². The highest BCUT2D eigenvalue weighted by molar-refractivity contribution is 5.96. The van der Waals surface area contributed by atoms with Gasteiger partial charge in [-0.15, -0.1) is 0 Å². The molecule has 5 atom stereocenters. The normalized spacial score (nSPS) is 17.6.